The summed E-state index contributed by atoms with van der Waals surface area (Å²) in [6, 6.07) is 7.42. The Labute approximate surface area is 148 Å². The Morgan fingerprint density at radius 1 is 1.24 bits per heavy atom. The standard InChI is InChI=1S/C13H16N4O3S.C2H4O2/c1-20-10-4-2-9(3-5-10)17-11(8-14)15-16-13(17)21-7-6-12(18)19;1-2(3)4/h2-5H,6-8,14H2,1H3,(H,18,19);1H3,(H,3,4). The second-order valence-corrected chi connectivity index (χ2v) is 5.71. The van der Waals surface area contributed by atoms with Crippen molar-refractivity contribution in [2.45, 2.75) is 25.0 Å². The van der Waals surface area contributed by atoms with Crippen molar-refractivity contribution in [3.8, 4) is 11.4 Å². The van der Waals surface area contributed by atoms with Crippen LogP contribution in [0.15, 0.2) is 29.4 Å². The zero-order valence-corrected chi connectivity index (χ0v) is 14.7. The quantitative estimate of drug-likeness (QED) is 0.618. The number of rotatable bonds is 7. The second kappa shape index (κ2) is 10.3. The van der Waals surface area contributed by atoms with E-state index < -0.39 is 11.9 Å². The van der Waals surface area contributed by atoms with Crippen LogP contribution in [0.4, 0.5) is 0 Å². The van der Waals surface area contributed by atoms with Gasteiger partial charge in [-0.05, 0) is 24.3 Å². The average molecular weight is 368 g/mol. The minimum absolute atomic E-state index is 0.0676. The van der Waals surface area contributed by atoms with E-state index in [0.717, 1.165) is 18.4 Å². The van der Waals surface area contributed by atoms with Gasteiger partial charge in [-0.1, -0.05) is 11.8 Å². The van der Waals surface area contributed by atoms with Crippen LogP contribution < -0.4 is 10.5 Å². The van der Waals surface area contributed by atoms with E-state index in [9.17, 15) is 4.79 Å². The van der Waals surface area contributed by atoms with Gasteiger partial charge in [-0.15, -0.1) is 10.2 Å². The number of aliphatic carboxylic acids is 2. The molecule has 4 N–H and O–H groups in total. The topological polar surface area (TPSA) is 141 Å². The minimum atomic E-state index is -0.836. The SMILES string of the molecule is CC(=O)O.COc1ccc(-n2c(CN)nnc2SCCC(=O)O)cc1. The lowest BCUT2D eigenvalue weighted by molar-refractivity contribution is -0.136. The van der Waals surface area contributed by atoms with Crippen LogP contribution in [0.1, 0.15) is 19.2 Å². The highest BCUT2D eigenvalue weighted by Crippen LogP contribution is 2.24. The first kappa shape index (κ1) is 20.5. The van der Waals surface area contributed by atoms with Crippen LogP contribution in [-0.2, 0) is 16.1 Å². The van der Waals surface area contributed by atoms with Crippen molar-refractivity contribution in [1.82, 2.24) is 14.8 Å². The number of hydrogen-bond acceptors (Lipinski definition) is 7. The number of carboxylic acid groups (broad SMARTS) is 2. The molecule has 25 heavy (non-hydrogen) atoms. The zero-order valence-electron chi connectivity index (χ0n) is 13.9. The molecule has 0 amide bonds. The number of ether oxygens (including phenoxy) is 1. The molecule has 1 aromatic carbocycles. The summed E-state index contributed by atoms with van der Waals surface area (Å²) < 4.78 is 6.95. The summed E-state index contributed by atoms with van der Waals surface area (Å²) >= 11 is 1.34. The van der Waals surface area contributed by atoms with Gasteiger partial charge >= 0.3 is 5.97 Å². The van der Waals surface area contributed by atoms with Gasteiger partial charge in [-0.2, -0.15) is 0 Å². The van der Waals surface area contributed by atoms with Crippen molar-refractivity contribution in [3.63, 3.8) is 0 Å². The van der Waals surface area contributed by atoms with Crippen molar-refractivity contribution in [2.75, 3.05) is 12.9 Å². The Morgan fingerprint density at radius 2 is 1.84 bits per heavy atom. The maximum atomic E-state index is 10.6. The summed E-state index contributed by atoms with van der Waals surface area (Å²) in [7, 11) is 1.60. The summed E-state index contributed by atoms with van der Waals surface area (Å²) in [5.41, 5.74) is 6.54. The lowest BCUT2D eigenvalue weighted by Crippen LogP contribution is -2.08. The molecular formula is C15H20N4O5S. The Kier molecular flexibility index (Phi) is 8.44. The molecular weight excluding hydrogens is 348 g/mol. The van der Waals surface area contributed by atoms with E-state index in [1.807, 2.05) is 28.8 Å². The molecule has 136 valence electrons. The van der Waals surface area contributed by atoms with Gasteiger partial charge in [0.15, 0.2) is 11.0 Å². The Balaban J connectivity index is 0.000000705. The van der Waals surface area contributed by atoms with Crippen LogP contribution in [0.5, 0.6) is 5.75 Å². The van der Waals surface area contributed by atoms with Crippen molar-refractivity contribution >= 4 is 23.7 Å². The van der Waals surface area contributed by atoms with Crippen LogP contribution in [0.3, 0.4) is 0 Å². The van der Waals surface area contributed by atoms with E-state index in [1.165, 1.54) is 11.8 Å². The molecule has 0 aliphatic carbocycles. The monoisotopic (exact) mass is 368 g/mol. The molecule has 2 aromatic rings. The molecule has 0 saturated carbocycles. The van der Waals surface area contributed by atoms with Crippen LogP contribution in [-0.4, -0.2) is 49.8 Å². The highest BCUT2D eigenvalue weighted by Gasteiger charge is 2.13. The molecule has 1 aromatic heterocycles. The molecule has 0 aliphatic heterocycles. The maximum absolute atomic E-state index is 10.6. The summed E-state index contributed by atoms with van der Waals surface area (Å²) in [6.07, 6.45) is 0.0676. The molecule has 10 heteroatoms. The van der Waals surface area contributed by atoms with Gasteiger partial charge in [0.05, 0.1) is 20.1 Å². The average Bonchev–Trinajstić information content (AvgIpc) is 2.97. The van der Waals surface area contributed by atoms with Gasteiger partial charge in [-0.3, -0.25) is 14.2 Å². The first-order chi connectivity index (χ1) is 11.9. The number of nitrogens with two attached hydrogens (primary N) is 1. The third-order valence-electron chi connectivity index (χ3n) is 2.76. The minimum Gasteiger partial charge on any atom is -0.497 e. The van der Waals surface area contributed by atoms with Crippen molar-refractivity contribution in [3.05, 3.63) is 30.1 Å². The van der Waals surface area contributed by atoms with E-state index in [1.54, 1.807) is 7.11 Å². The molecule has 0 atom stereocenters. The molecule has 0 bridgehead atoms. The zero-order chi connectivity index (χ0) is 18.8. The first-order valence-corrected chi connectivity index (χ1v) is 8.20. The lowest BCUT2D eigenvalue weighted by Gasteiger charge is -2.09. The van der Waals surface area contributed by atoms with Gasteiger partial charge < -0.3 is 20.7 Å². The maximum Gasteiger partial charge on any atom is 0.304 e. The van der Waals surface area contributed by atoms with E-state index in [4.69, 9.17) is 25.5 Å². The summed E-state index contributed by atoms with van der Waals surface area (Å²) in [5.74, 6) is 0.130. The fourth-order valence-corrected chi connectivity index (χ4v) is 2.64. The van der Waals surface area contributed by atoms with Crippen molar-refractivity contribution < 1.29 is 24.5 Å². The molecule has 0 aliphatic rings. The normalized spacial score (nSPS) is 9.88. The van der Waals surface area contributed by atoms with Crippen LogP contribution in [0.2, 0.25) is 0 Å². The number of benzene rings is 1. The largest absolute Gasteiger partial charge is 0.497 e. The number of carboxylic acids is 2. The molecule has 0 fully saturated rings. The predicted octanol–water partition coefficient (Wildman–Crippen LogP) is 1.39. The molecule has 9 nitrogen and oxygen atoms in total. The number of nitrogens with zero attached hydrogens (tertiary/aromatic N) is 3. The molecule has 2 rings (SSSR count). The van der Waals surface area contributed by atoms with Crippen LogP contribution in [0.25, 0.3) is 5.69 Å². The van der Waals surface area contributed by atoms with Crippen molar-refractivity contribution in [2.24, 2.45) is 5.73 Å². The lowest BCUT2D eigenvalue weighted by atomic mass is 10.3. The van der Waals surface area contributed by atoms with Gasteiger partial charge in [-0.25, -0.2) is 0 Å². The van der Waals surface area contributed by atoms with E-state index >= 15 is 0 Å². The van der Waals surface area contributed by atoms with Crippen molar-refractivity contribution in [1.29, 1.82) is 0 Å². The highest BCUT2D eigenvalue weighted by molar-refractivity contribution is 7.99. The third kappa shape index (κ3) is 6.81. The fraction of sp³-hybridized carbons (Fsp3) is 0.333. The van der Waals surface area contributed by atoms with E-state index in [2.05, 4.69) is 10.2 Å². The number of methoxy groups -OCH3 is 1. The number of aromatic nitrogens is 3. The Morgan fingerprint density at radius 3 is 2.32 bits per heavy atom. The van der Waals surface area contributed by atoms with Gasteiger partial charge in [0.25, 0.3) is 5.97 Å². The molecule has 0 spiro atoms. The highest BCUT2D eigenvalue weighted by atomic mass is 32.2. The van der Waals surface area contributed by atoms with Crippen LogP contribution in [0, 0.1) is 0 Å². The summed E-state index contributed by atoms with van der Waals surface area (Å²) in [6.45, 7) is 1.33. The first-order valence-electron chi connectivity index (χ1n) is 7.22. The third-order valence-corrected chi connectivity index (χ3v) is 3.69. The smallest absolute Gasteiger partial charge is 0.304 e. The molecule has 1 heterocycles. The van der Waals surface area contributed by atoms with E-state index in [0.29, 0.717) is 16.7 Å². The van der Waals surface area contributed by atoms with Crippen LogP contribution >= 0.6 is 11.8 Å². The van der Waals surface area contributed by atoms with E-state index in [-0.39, 0.29) is 13.0 Å². The molecule has 0 unspecified atom stereocenters. The van der Waals surface area contributed by atoms with Gasteiger partial charge in [0.1, 0.15) is 5.75 Å². The second-order valence-electron chi connectivity index (χ2n) is 4.65. The Hall–Kier alpha value is -2.59. The number of thioether (sulfide) groups is 1. The fourth-order valence-electron chi connectivity index (χ4n) is 1.75. The summed E-state index contributed by atoms with van der Waals surface area (Å²) in [5, 5.41) is 24.9. The molecule has 0 saturated heterocycles. The molecule has 0 radical (unpaired) electrons. The summed E-state index contributed by atoms with van der Waals surface area (Å²) in [4.78, 5) is 19.6. The van der Waals surface area contributed by atoms with Gasteiger partial charge in [0, 0.05) is 18.4 Å². The number of carbonyl (C=O) groups is 2. The Bertz CT molecular complexity index is 698. The predicted molar refractivity (Wildman–Crippen MR) is 92.1 cm³/mol. The van der Waals surface area contributed by atoms with Gasteiger partial charge in [0.2, 0.25) is 0 Å². The number of hydrogen-bond donors (Lipinski definition) is 3.